The van der Waals surface area contributed by atoms with E-state index in [0.29, 0.717) is 12.5 Å². The molecule has 3 aliphatic rings. The minimum Gasteiger partial charge on any atom is -0.364 e. The summed E-state index contributed by atoms with van der Waals surface area (Å²) in [5.41, 5.74) is 2.84. The van der Waals surface area contributed by atoms with Crippen molar-refractivity contribution in [3.8, 4) is 0 Å². The highest BCUT2D eigenvalue weighted by molar-refractivity contribution is 6.02. The smallest absolute Gasteiger partial charge is 0.269 e. The molecular formula is C20H24N2O3. The molecule has 2 aliphatic carbocycles. The molecule has 3 fully saturated rings. The molecule has 1 aromatic carbocycles. The molecule has 1 aliphatic heterocycles. The molecule has 2 saturated carbocycles. The number of fused-ring (bicyclic) bond motifs is 3. The average Bonchev–Trinajstić information content (AvgIpc) is 3.09. The van der Waals surface area contributed by atoms with Crippen LogP contribution in [0, 0.1) is 26.9 Å². The highest BCUT2D eigenvalue weighted by Crippen LogP contribution is 2.71. The van der Waals surface area contributed by atoms with Gasteiger partial charge in [0.2, 0.25) is 0 Å². The Balaban J connectivity index is 1.82. The fraction of sp³-hybridized carbons (Fsp3) is 0.550. The molecule has 1 aromatic rings. The maximum Gasteiger partial charge on any atom is 0.269 e. The van der Waals surface area contributed by atoms with Crippen molar-refractivity contribution in [3.63, 3.8) is 0 Å². The van der Waals surface area contributed by atoms with E-state index in [4.69, 9.17) is 9.73 Å². The lowest BCUT2D eigenvalue weighted by molar-refractivity contribution is -0.384. The second-order valence-corrected chi connectivity index (χ2v) is 8.46. The van der Waals surface area contributed by atoms with Gasteiger partial charge in [0.05, 0.1) is 22.9 Å². The van der Waals surface area contributed by atoms with Crippen molar-refractivity contribution >= 4 is 17.1 Å². The van der Waals surface area contributed by atoms with Gasteiger partial charge in [-0.15, -0.1) is 0 Å². The van der Waals surface area contributed by atoms with Gasteiger partial charge in [0, 0.05) is 29.9 Å². The maximum absolute atomic E-state index is 10.9. The van der Waals surface area contributed by atoms with E-state index in [1.54, 1.807) is 12.1 Å². The first-order valence-corrected chi connectivity index (χ1v) is 8.85. The number of non-ortho nitro benzene ring substituents is 1. The van der Waals surface area contributed by atoms with Crippen LogP contribution in [0.25, 0.3) is 0 Å². The van der Waals surface area contributed by atoms with Crippen LogP contribution < -0.4 is 0 Å². The van der Waals surface area contributed by atoms with E-state index in [2.05, 4.69) is 27.4 Å². The zero-order chi connectivity index (χ0) is 18.0. The molecule has 25 heavy (non-hydrogen) atoms. The van der Waals surface area contributed by atoms with Crippen LogP contribution in [0.3, 0.4) is 0 Å². The zero-order valence-electron chi connectivity index (χ0n) is 15.0. The van der Waals surface area contributed by atoms with E-state index in [1.165, 1.54) is 12.1 Å². The van der Waals surface area contributed by atoms with Gasteiger partial charge in [0.1, 0.15) is 5.60 Å². The summed E-state index contributed by atoms with van der Waals surface area (Å²) in [5.74, 6) is 0.374. The molecule has 3 atom stereocenters. The second kappa shape index (κ2) is 5.01. The van der Waals surface area contributed by atoms with Crippen LogP contribution in [-0.2, 0) is 4.74 Å². The third-order valence-corrected chi connectivity index (χ3v) is 7.19. The van der Waals surface area contributed by atoms with Gasteiger partial charge in [-0.25, -0.2) is 0 Å². The second-order valence-electron chi connectivity index (χ2n) is 8.46. The zero-order valence-corrected chi connectivity index (χ0v) is 15.0. The Labute approximate surface area is 147 Å². The number of rotatable bonds is 2. The van der Waals surface area contributed by atoms with Crippen LogP contribution in [0.2, 0.25) is 0 Å². The van der Waals surface area contributed by atoms with Crippen LogP contribution in [0.15, 0.2) is 41.4 Å². The van der Waals surface area contributed by atoms with Crippen LogP contribution >= 0.6 is 0 Å². The number of nitro benzene ring substituents is 1. The van der Waals surface area contributed by atoms with Crippen LogP contribution in [0.1, 0.15) is 40.0 Å². The maximum atomic E-state index is 10.9. The van der Waals surface area contributed by atoms with Crippen molar-refractivity contribution in [1.82, 2.24) is 0 Å². The fourth-order valence-corrected chi connectivity index (χ4v) is 5.42. The van der Waals surface area contributed by atoms with Crippen molar-refractivity contribution in [2.24, 2.45) is 21.7 Å². The highest BCUT2D eigenvalue weighted by atomic mass is 16.6. The van der Waals surface area contributed by atoms with E-state index in [-0.39, 0.29) is 27.0 Å². The number of ether oxygens (including phenoxy) is 1. The minimum absolute atomic E-state index is 0.0315. The number of nitro groups is 1. The molecule has 1 spiro atoms. The number of nitrogens with zero attached hydrogens (tertiary/aromatic N) is 2. The van der Waals surface area contributed by atoms with E-state index >= 15 is 0 Å². The number of aliphatic imine (C=N–C) groups is 1. The Hall–Kier alpha value is -2.01. The van der Waals surface area contributed by atoms with Crippen LogP contribution in [0.5, 0.6) is 0 Å². The lowest BCUT2D eigenvalue weighted by Crippen LogP contribution is -2.51. The molecule has 4 rings (SSSR count). The Bertz CT molecular complexity index is 796. The van der Waals surface area contributed by atoms with Gasteiger partial charge < -0.3 is 4.74 Å². The molecule has 0 unspecified atom stereocenters. The average molecular weight is 340 g/mol. The van der Waals surface area contributed by atoms with Crippen LogP contribution in [0.4, 0.5) is 11.4 Å². The van der Waals surface area contributed by atoms with Gasteiger partial charge >= 0.3 is 0 Å². The SMILES string of the molecule is C=C1CO[C@@]2(C1)C(=Nc1ccc([N+](=O)[O-])cc1)[C@@H]1CC[C@@]2(C)C1(C)C. The largest absolute Gasteiger partial charge is 0.364 e. The lowest BCUT2D eigenvalue weighted by Gasteiger charge is -2.45. The third-order valence-electron chi connectivity index (χ3n) is 7.19. The van der Waals surface area contributed by atoms with Crippen molar-refractivity contribution in [3.05, 3.63) is 46.5 Å². The first-order valence-electron chi connectivity index (χ1n) is 8.85. The first kappa shape index (κ1) is 16.5. The van der Waals surface area contributed by atoms with Crippen molar-refractivity contribution < 1.29 is 9.66 Å². The van der Waals surface area contributed by atoms with E-state index < -0.39 is 0 Å². The molecular weight excluding hydrogens is 316 g/mol. The fourth-order valence-electron chi connectivity index (χ4n) is 5.42. The monoisotopic (exact) mass is 340 g/mol. The Kier molecular flexibility index (Phi) is 3.30. The Morgan fingerprint density at radius 1 is 1.28 bits per heavy atom. The van der Waals surface area contributed by atoms with Crippen molar-refractivity contribution in [1.29, 1.82) is 0 Å². The molecule has 2 bridgehead atoms. The summed E-state index contributed by atoms with van der Waals surface area (Å²) < 4.78 is 6.39. The summed E-state index contributed by atoms with van der Waals surface area (Å²) in [7, 11) is 0. The Morgan fingerprint density at radius 2 is 1.96 bits per heavy atom. The molecule has 5 nitrogen and oxygen atoms in total. The van der Waals surface area contributed by atoms with Crippen molar-refractivity contribution in [2.45, 2.75) is 45.6 Å². The van der Waals surface area contributed by atoms with E-state index in [9.17, 15) is 10.1 Å². The topological polar surface area (TPSA) is 64.7 Å². The number of benzene rings is 1. The summed E-state index contributed by atoms with van der Waals surface area (Å²) in [6, 6.07) is 6.48. The molecule has 1 saturated heterocycles. The molecule has 0 radical (unpaired) electrons. The minimum atomic E-state index is -0.385. The summed E-state index contributed by atoms with van der Waals surface area (Å²) in [6.07, 6.45) is 3.08. The molecule has 1 heterocycles. The summed E-state index contributed by atoms with van der Waals surface area (Å²) in [4.78, 5) is 15.5. The molecule has 0 aromatic heterocycles. The third kappa shape index (κ3) is 1.96. The van der Waals surface area contributed by atoms with Crippen molar-refractivity contribution in [2.75, 3.05) is 6.61 Å². The standard InChI is InChI=1S/C20H24N2O3/c1-13-11-20(25-12-13)17(16-9-10-19(20,4)18(16,2)3)21-14-5-7-15(8-6-14)22(23)24/h5-8,16H,1,9-12H2,2-4H3/t16-,19-,20-/m0/s1. The summed E-state index contributed by atoms with van der Waals surface area (Å²) >= 11 is 0. The van der Waals surface area contributed by atoms with Gasteiger partial charge in [-0.1, -0.05) is 27.4 Å². The van der Waals surface area contributed by atoms with Crippen LogP contribution in [-0.4, -0.2) is 22.8 Å². The summed E-state index contributed by atoms with van der Waals surface area (Å²) in [5, 5.41) is 10.9. The van der Waals surface area contributed by atoms with Gasteiger partial charge in [0.25, 0.3) is 5.69 Å². The van der Waals surface area contributed by atoms with Gasteiger partial charge in [-0.05, 0) is 36.0 Å². The normalized spacial score (nSPS) is 37.3. The van der Waals surface area contributed by atoms with E-state index in [0.717, 1.165) is 36.2 Å². The summed E-state index contributed by atoms with van der Waals surface area (Å²) in [6.45, 7) is 11.7. The molecule has 0 N–H and O–H groups in total. The number of hydrogen-bond donors (Lipinski definition) is 0. The first-order chi connectivity index (χ1) is 11.7. The van der Waals surface area contributed by atoms with Gasteiger partial charge in [0.15, 0.2) is 0 Å². The number of hydrogen-bond acceptors (Lipinski definition) is 4. The highest BCUT2D eigenvalue weighted by Gasteiger charge is 2.74. The quantitative estimate of drug-likeness (QED) is 0.439. The predicted molar refractivity (Wildman–Crippen MR) is 97.2 cm³/mol. The van der Waals surface area contributed by atoms with Gasteiger partial charge in [-0.3, -0.25) is 15.1 Å². The predicted octanol–water partition coefficient (Wildman–Crippen LogP) is 4.84. The Morgan fingerprint density at radius 3 is 2.52 bits per heavy atom. The molecule has 5 heteroatoms. The molecule has 132 valence electrons. The molecule has 0 amide bonds. The lowest BCUT2D eigenvalue weighted by atomic mass is 9.63. The van der Waals surface area contributed by atoms with E-state index in [1.807, 2.05) is 0 Å². The van der Waals surface area contributed by atoms with Gasteiger partial charge in [-0.2, -0.15) is 0 Å².